The van der Waals surface area contributed by atoms with Crippen LogP contribution in [-0.4, -0.2) is 26.0 Å². The molecule has 2 rings (SSSR count). The predicted octanol–water partition coefficient (Wildman–Crippen LogP) is 3.16. The van der Waals surface area contributed by atoms with E-state index in [1.165, 1.54) is 30.0 Å². The zero-order chi connectivity index (χ0) is 16.1. The summed E-state index contributed by atoms with van der Waals surface area (Å²) in [6.45, 7) is 1.68. The molecule has 0 aliphatic heterocycles. The van der Waals surface area contributed by atoms with Crippen molar-refractivity contribution < 1.29 is 9.72 Å². The van der Waals surface area contributed by atoms with E-state index >= 15 is 0 Å². The normalized spacial score (nSPS) is 11.7. The molecule has 0 radical (unpaired) electrons. The summed E-state index contributed by atoms with van der Waals surface area (Å²) in [5.74, 6) is -0.347. The van der Waals surface area contributed by atoms with Crippen LogP contribution in [0.2, 0.25) is 5.02 Å². The predicted molar refractivity (Wildman–Crippen MR) is 84.1 cm³/mol. The number of nitro groups is 1. The summed E-state index contributed by atoms with van der Waals surface area (Å²) in [7, 11) is 0. The van der Waals surface area contributed by atoms with Crippen LogP contribution in [0.1, 0.15) is 6.92 Å². The first kappa shape index (κ1) is 16.2. The number of thioether (sulfide) groups is 1. The highest BCUT2D eigenvalue weighted by Gasteiger charge is 2.18. The van der Waals surface area contributed by atoms with Gasteiger partial charge in [-0.15, -0.1) is 0 Å². The van der Waals surface area contributed by atoms with E-state index in [-0.39, 0.29) is 22.3 Å². The lowest BCUT2D eigenvalue weighted by Crippen LogP contribution is -2.22. The maximum atomic E-state index is 12.1. The summed E-state index contributed by atoms with van der Waals surface area (Å²) in [6, 6.07) is 5.54. The molecular weight excluding hydrogens is 328 g/mol. The molecule has 0 unspecified atom stereocenters. The van der Waals surface area contributed by atoms with Gasteiger partial charge in [-0.2, -0.15) is 0 Å². The lowest BCUT2D eigenvalue weighted by Gasteiger charge is -2.11. The molecule has 0 saturated heterocycles. The molecule has 9 heteroatoms. The van der Waals surface area contributed by atoms with Crippen molar-refractivity contribution in [3.05, 3.63) is 51.8 Å². The van der Waals surface area contributed by atoms with E-state index in [2.05, 4.69) is 15.3 Å². The number of nitrogens with zero attached hydrogens (tertiary/aromatic N) is 3. The van der Waals surface area contributed by atoms with Gasteiger partial charge in [-0.3, -0.25) is 14.9 Å². The zero-order valence-corrected chi connectivity index (χ0v) is 13.0. The second-order valence-corrected chi connectivity index (χ2v) is 5.92. The van der Waals surface area contributed by atoms with Gasteiger partial charge in [-0.1, -0.05) is 23.4 Å². The summed E-state index contributed by atoms with van der Waals surface area (Å²) in [5.41, 5.74) is 0.0497. The molecule has 114 valence electrons. The number of hydrogen-bond donors (Lipinski definition) is 1. The monoisotopic (exact) mass is 338 g/mol. The average Bonchev–Trinajstić information content (AvgIpc) is 2.50. The van der Waals surface area contributed by atoms with Crippen LogP contribution in [0.15, 0.2) is 41.8 Å². The van der Waals surface area contributed by atoms with E-state index in [0.29, 0.717) is 5.16 Å². The van der Waals surface area contributed by atoms with Crippen LogP contribution in [-0.2, 0) is 4.79 Å². The quantitative estimate of drug-likeness (QED) is 0.389. The lowest BCUT2D eigenvalue weighted by atomic mass is 10.2. The third kappa shape index (κ3) is 4.15. The number of anilines is 1. The van der Waals surface area contributed by atoms with Gasteiger partial charge in [0.05, 0.1) is 20.9 Å². The number of carbonyl (C=O) groups is 1. The number of halogens is 1. The number of amides is 1. The highest BCUT2D eigenvalue weighted by molar-refractivity contribution is 8.00. The maximum absolute atomic E-state index is 12.1. The molecule has 0 aliphatic rings. The van der Waals surface area contributed by atoms with Crippen molar-refractivity contribution in [3.8, 4) is 0 Å². The number of nitrogens with one attached hydrogen (secondary N) is 1. The van der Waals surface area contributed by atoms with Gasteiger partial charge in [0, 0.05) is 24.5 Å². The summed E-state index contributed by atoms with van der Waals surface area (Å²) in [5, 5.41) is 13.5. The molecule has 1 atom stereocenters. The molecule has 1 aromatic heterocycles. The Balaban J connectivity index is 2.08. The van der Waals surface area contributed by atoms with Gasteiger partial charge < -0.3 is 5.32 Å². The molecular formula is C13H11ClN4O3S. The summed E-state index contributed by atoms with van der Waals surface area (Å²) >= 11 is 7.12. The molecule has 0 aliphatic carbocycles. The molecule has 1 N–H and O–H groups in total. The topological polar surface area (TPSA) is 98.0 Å². The Morgan fingerprint density at radius 3 is 2.73 bits per heavy atom. The van der Waals surface area contributed by atoms with Crippen molar-refractivity contribution in [2.75, 3.05) is 5.32 Å². The van der Waals surface area contributed by atoms with E-state index in [9.17, 15) is 14.9 Å². The molecule has 0 spiro atoms. The van der Waals surface area contributed by atoms with Gasteiger partial charge in [0.1, 0.15) is 0 Å². The van der Waals surface area contributed by atoms with Crippen molar-refractivity contribution in [2.45, 2.75) is 17.3 Å². The van der Waals surface area contributed by atoms with E-state index in [1.54, 1.807) is 25.4 Å². The van der Waals surface area contributed by atoms with E-state index in [1.807, 2.05) is 0 Å². The molecule has 22 heavy (non-hydrogen) atoms. The number of hydrogen-bond acceptors (Lipinski definition) is 6. The molecule has 1 aromatic carbocycles. The SMILES string of the molecule is C[C@H](Sc1ncccn1)C(=O)Nc1cc([N+](=O)[O-])ccc1Cl. The lowest BCUT2D eigenvalue weighted by molar-refractivity contribution is -0.384. The van der Waals surface area contributed by atoms with Crippen molar-refractivity contribution in [2.24, 2.45) is 0 Å². The third-order valence-corrected chi connectivity index (χ3v) is 3.93. The Morgan fingerprint density at radius 2 is 2.09 bits per heavy atom. The second kappa shape index (κ2) is 7.19. The highest BCUT2D eigenvalue weighted by atomic mass is 35.5. The molecule has 0 bridgehead atoms. The fourth-order valence-electron chi connectivity index (χ4n) is 1.51. The zero-order valence-electron chi connectivity index (χ0n) is 11.4. The second-order valence-electron chi connectivity index (χ2n) is 4.20. The minimum Gasteiger partial charge on any atom is -0.324 e. The number of rotatable bonds is 5. The van der Waals surface area contributed by atoms with Crippen LogP contribution in [0.5, 0.6) is 0 Å². The fourth-order valence-corrected chi connectivity index (χ4v) is 2.41. The largest absolute Gasteiger partial charge is 0.324 e. The van der Waals surface area contributed by atoms with Gasteiger partial charge in [-0.25, -0.2) is 9.97 Å². The Morgan fingerprint density at radius 1 is 1.41 bits per heavy atom. The molecule has 0 fully saturated rings. The van der Waals surface area contributed by atoms with Gasteiger partial charge in [0.2, 0.25) is 5.91 Å². The van der Waals surface area contributed by atoms with Crippen molar-refractivity contribution in [1.29, 1.82) is 0 Å². The molecule has 1 heterocycles. The first-order valence-corrected chi connectivity index (χ1v) is 7.41. The Hall–Kier alpha value is -2.19. The maximum Gasteiger partial charge on any atom is 0.271 e. The minimum absolute atomic E-state index is 0.147. The minimum atomic E-state index is -0.554. The number of aromatic nitrogens is 2. The first-order valence-electron chi connectivity index (χ1n) is 6.16. The summed E-state index contributed by atoms with van der Waals surface area (Å²) in [6.07, 6.45) is 3.16. The van der Waals surface area contributed by atoms with Crippen LogP contribution >= 0.6 is 23.4 Å². The molecule has 2 aromatic rings. The van der Waals surface area contributed by atoms with Gasteiger partial charge >= 0.3 is 0 Å². The van der Waals surface area contributed by atoms with E-state index in [0.717, 1.165) is 0 Å². The van der Waals surface area contributed by atoms with Crippen LogP contribution in [0.25, 0.3) is 0 Å². The van der Waals surface area contributed by atoms with Crippen LogP contribution < -0.4 is 5.32 Å². The van der Waals surface area contributed by atoms with E-state index < -0.39 is 10.2 Å². The number of carbonyl (C=O) groups excluding carboxylic acids is 1. The van der Waals surface area contributed by atoms with Crippen molar-refractivity contribution >= 4 is 40.6 Å². The standard InChI is InChI=1S/C13H11ClN4O3S/c1-8(22-13-15-5-2-6-16-13)12(19)17-11-7-9(18(20)21)3-4-10(11)14/h2-8H,1H3,(H,17,19)/t8-/m0/s1. The molecule has 0 saturated carbocycles. The first-order chi connectivity index (χ1) is 10.5. The number of benzene rings is 1. The number of nitro benzene ring substituents is 1. The molecule has 7 nitrogen and oxygen atoms in total. The highest BCUT2D eigenvalue weighted by Crippen LogP contribution is 2.28. The average molecular weight is 339 g/mol. The van der Waals surface area contributed by atoms with Gasteiger partial charge in [0.15, 0.2) is 5.16 Å². The summed E-state index contributed by atoms with van der Waals surface area (Å²) < 4.78 is 0. The van der Waals surface area contributed by atoms with Crippen LogP contribution in [0.4, 0.5) is 11.4 Å². The van der Waals surface area contributed by atoms with Crippen molar-refractivity contribution in [1.82, 2.24) is 9.97 Å². The Bertz CT molecular complexity index is 699. The van der Waals surface area contributed by atoms with E-state index in [4.69, 9.17) is 11.6 Å². The summed E-state index contributed by atoms with van der Waals surface area (Å²) in [4.78, 5) is 30.4. The van der Waals surface area contributed by atoms with Crippen LogP contribution in [0, 0.1) is 10.1 Å². The van der Waals surface area contributed by atoms with Crippen LogP contribution in [0.3, 0.4) is 0 Å². The van der Waals surface area contributed by atoms with Gasteiger partial charge in [-0.05, 0) is 19.1 Å². The van der Waals surface area contributed by atoms with Crippen molar-refractivity contribution in [3.63, 3.8) is 0 Å². The third-order valence-electron chi connectivity index (χ3n) is 2.61. The van der Waals surface area contributed by atoms with Gasteiger partial charge in [0.25, 0.3) is 5.69 Å². The Labute approximate surface area is 135 Å². The number of non-ortho nitro benzene ring substituents is 1. The smallest absolute Gasteiger partial charge is 0.271 e. The molecule has 1 amide bonds. The Kier molecular flexibility index (Phi) is 5.29. The fraction of sp³-hybridized carbons (Fsp3) is 0.154.